The summed E-state index contributed by atoms with van der Waals surface area (Å²) in [5.41, 5.74) is 5.91. The molecule has 6 nitrogen and oxygen atoms in total. The molecule has 0 aliphatic heterocycles. The van der Waals surface area contributed by atoms with Crippen LogP contribution in [-0.2, 0) is 4.79 Å². The fourth-order valence-electron chi connectivity index (χ4n) is 1.59. The molecule has 0 aliphatic carbocycles. The molecule has 0 saturated carbocycles. The number of hydrogen-bond donors (Lipinski definition) is 3. The summed E-state index contributed by atoms with van der Waals surface area (Å²) < 4.78 is 5.90. The lowest BCUT2D eigenvalue weighted by Crippen LogP contribution is -2.42. The quantitative estimate of drug-likeness (QED) is 0.686. The Bertz CT molecular complexity index is 683. The van der Waals surface area contributed by atoms with Gasteiger partial charge in [0.2, 0.25) is 0 Å². The molecule has 114 valence electrons. The van der Waals surface area contributed by atoms with Crippen molar-refractivity contribution in [3.63, 3.8) is 0 Å². The predicted octanol–water partition coefficient (Wildman–Crippen LogP) is 2.06. The van der Waals surface area contributed by atoms with Crippen LogP contribution in [0.5, 0.6) is 0 Å². The fraction of sp³-hybridized carbons (Fsp3) is 0.0667. The van der Waals surface area contributed by atoms with E-state index in [1.807, 2.05) is 6.07 Å². The van der Waals surface area contributed by atoms with Crippen LogP contribution >= 0.6 is 15.9 Å². The van der Waals surface area contributed by atoms with Gasteiger partial charge in [0.1, 0.15) is 0 Å². The lowest BCUT2D eigenvalue weighted by Gasteiger charge is -2.10. The lowest BCUT2D eigenvalue weighted by atomic mass is 10.2. The molecule has 2 amide bonds. The maximum absolute atomic E-state index is 11.9. The zero-order valence-electron chi connectivity index (χ0n) is 11.6. The third-order valence-electron chi connectivity index (χ3n) is 2.67. The predicted molar refractivity (Wildman–Crippen MR) is 85.5 cm³/mol. The van der Waals surface area contributed by atoms with Crippen molar-refractivity contribution in [1.29, 1.82) is 0 Å². The third kappa shape index (κ3) is 4.49. The van der Waals surface area contributed by atoms with Gasteiger partial charge in [-0.05, 0) is 30.3 Å². The molecule has 1 heterocycles. The molecule has 0 saturated heterocycles. The first-order valence-corrected chi connectivity index (χ1v) is 7.17. The summed E-state index contributed by atoms with van der Waals surface area (Å²) in [6, 6.07) is 10.3. The van der Waals surface area contributed by atoms with Gasteiger partial charge in [0.05, 0.1) is 18.5 Å². The summed E-state index contributed by atoms with van der Waals surface area (Å²) in [5, 5.41) is 2.52. The standard InChI is InChI=1S/C15H14BrN3O3/c1-10(13-6-3-7-22-13)18-19-14(20)9-17-15(21)11-4-2-5-12(16)8-11/h2-8,18H,1,9H2,(H,17,21)(H,19,20). The third-order valence-corrected chi connectivity index (χ3v) is 3.16. The molecule has 0 spiro atoms. The van der Waals surface area contributed by atoms with Crippen molar-refractivity contribution in [2.75, 3.05) is 6.54 Å². The Morgan fingerprint density at radius 3 is 2.68 bits per heavy atom. The Kier molecular flexibility index (Phi) is 5.37. The van der Waals surface area contributed by atoms with E-state index in [9.17, 15) is 9.59 Å². The first-order valence-electron chi connectivity index (χ1n) is 6.37. The number of benzene rings is 1. The van der Waals surface area contributed by atoms with Gasteiger partial charge in [0, 0.05) is 10.0 Å². The van der Waals surface area contributed by atoms with Gasteiger partial charge in [0.15, 0.2) is 5.76 Å². The number of hydrazine groups is 1. The zero-order valence-corrected chi connectivity index (χ0v) is 13.1. The average Bonchev–Trinajstić information content (AvgIpc) is 3.04. The van der Waals surface area contributed by atoms with E-state index in [4.69, 9.17) is 4.42 Å². The highest BCUT2D eigenvalue weighted by Crippen LogP contribution is 2.11. The second-order valence-corrected chi connectivity index (χ2v) is 5.24. The summed E-state index contributed by atoms with van der Waals surface area (Å²) in [7, 11) is 0. The van der Waals surface area contributed by atoms with Crippen LogP contribution in [-0.4, -0.2) is 18.4 Å². The van der Waals surface area contributed by atoms with E-state index >= 15 is 0 Å². The van der Waals surface area contributed by atoms with Crippen molar-refractivity contribution in [3.05, 3.63) is 65.0 Å². The van der Waals surface area contributed by atoms with Crippen molar-refractivity contribution in [2.45, 2.75) is 0 Å². The molecule has 0 unspecified atom stereocenters. The fourth-order valence-corrected chi connectivity index (χ4v) is 1.99. The van der Waals surface area contributed by atoms with Crippen LogP contribution in [0.3, 0.4) is 0 Å². The molecular weight excluding hydrogens is 350 g/mol. The molecule has 7 heteroatoms. The maximum Gasteiger partial charge on any atom is 0.257 e. The topological polar surface area (TPSA) is 83.4 Å². The van der Waals surface area contributed by atoms with Crippen LogP contribution in [0.15, 0.2) is 58.1 Å². The van der Waals surface area contributed by atoms with Gasteiger partial charge in [-0.15, -0.1) is 0 Å². The molecule has 0 fully saturated rings. The first kappa shape index (κ1) is 15.8. The minimum absolute atomic E-state index is 0.163. The van der Waals surface area contributed by atoms with Crippen LogP contribution in [0.1, 0.15) is 16.1 Å². The van der Waals surface area contributed by atoms with Crippen LogP contribution in [0.25, 0.3) is 5.70 Å². The van der Waals surface area contributed by atoms with Crippen molar-refractivity contribution >= 4 is 33.4 Å². The van der Waals surface area contributed by atoms with E-state index in [1.165, 1.54) is 6.26 Å². The second-order valence-electron chi connectivity index (χ2n) is 4.32. The number of carbonyl (C=O) groups excluding carboxylic acids is 2. The monoisotopic (exact) mass is 363 g/mol. The molecule has 3 N–H and O–H groups in total. The van der Waals surface area contributed by atoms with Gasteiger partial charge in [-0.25, -0.2) is 0 Å². The number of furan rings is 1. The Morgan fingerprint density at radius 2 is 2.00 bits per heavy atom. The van der Waals surface area contributed by atoms with E-state index in [0.29, 0.717) is 17.0 Å². The number of rotatable bonds is 6. The van der Waals surface area contributed by atoms with E-state index in [1.54, 1.807) is 30.3 Å². The SMILES string of the molecule is C=C(NNC(=O)CNC(=O)c1cccc(Br)c1)c1ccco1. The van der Waals surface area contributed by atoms with Crippen LogP contribution in [0, 0.1) is 0 Å². The molecule has 1 aromatic carbocycles. The second kappa shape index (κ2) is 7.46. The Morgan fingerprint density at radius 1 is 1.18 bits per heavy atom. The molecule has 2 rings (SSSR count). The molecule has 0 atom stereocenters. The Balaban J connectivity index is 1.76. The van der Waals surface area contributed by atoms with Crippen LogP contribution in [0.2, 0.25) is 0 Å². The van der Waals surface area contributed by atoms with E-state index in [0.717, 1.165) is 4.47 Å². The molecule has 2 aromatic rings. The molecule has 1 aromatic heterocycles. The maximum atomic E-state index is 11.9. The summed E-state index contributed by atoms with van der Waals surface area (Å²) in [6.07, 6.45) is 1.50. The van der Waals surface area contributed by atoms with Gasteiger partial charge in [-0.3, -0.25) is 20.4 Å². The molecule has 22 heavy (non-hydrogen) atoms. The highest BCUT2D eigenvalue weighted by molar-refractivity contribution is 9.10. The summed E-state index contributed by atoms with van der Waals surface area (Å²) in [4.78, 5) is 23.5. The Hall–Kier alpha value is -2.54. The molecule has 0 radical (unpaired) electrons. The van der Waals surface area contributed by atoms with Crippen molar-refractivity contribution in [1.82, 2.24) is 16.2 Å². The number of hydrogen-bond acceptors (Lipinski definition) is 4. The minimum Gasteiger partial charge on any atom is -0.463 e. The summed E-state index contributed by atoms with van der Waals surface area (Å²) in [6.45, 7) is 3.55. The van der Waals surface area contributed by atoms with Gasteiger partial charge >= 0.3 is 0 Å². The normalized spacial score (nSPS) is 9.86. The van der Waals surface area contributed by atoms with Crippen LogP contribution in [0.4, 0.5) is 0 Å². The minimum atomic E-state index is -0.406. The van der Waals surface area contributed by atoms with Gasteiger partial charge in [-0.1, -0.05) is 28.6 Å². The van der Waals surface area contributed by atoms with Gasteiger partial charge < -0.3 is 9.73 Å². The number of nitrogens with one attached hydrogen (secondary N) is 3. The van der Waals surface area contributed by atoms with Gasteiger partial charge in [0.25, 0.3) is 11.8 Å². The van der Waals surface area contributed by atoms with Crippen molar-refractivity contribution in [3.8, 4) is 0 Å². The van der Waals surface area contributed by atoms with Crippen molar-refractivity contribution in [2.24, 2.45) is 0 Å². The van der Waals surface area contributed by atoms with E-state index in [2.05, 4.69) is 38.7 Å². The summed E-state index contributed by atoms with van der Waals surface area (Å²) in [5.74, 6) is -0.226. The molecule has 0 aliphatic rings. The average molecular weight is 364 g/mol. The van der Waals surface area contributed by atoms with E-state index < -0.39 is 5.91 Å². The number of halogens is 1. The molecule has 0 bridgehead atoms. The molecular formula is C15H14BrN3O3. The first-order chi connectivity index (χ1) is 10.6. The highest BCUT2D eigenvalue weighted by Gasteiger charge is 2.09. The lowest BCUT2D eigenvalue weighted by molar-refractivity contribution is -0.120. The number of carbonyl (C=O) groups is 2. The van der Waals surface area contributed by atoms with Gasteiger partial charge in [-0.2, -0.15) is 0 Å². The van der Waals surface area contributed by atoms with Crippen LogP contribution < -0.4 is 16.2 Å². The number of amides is 2. The van der Waals surface area contributed by atoms with Crippen molar-refractivity contribution < 1.29 is 14.0 Å². The smallest absolute Gasteiger partial charge is 0.257 e. The summed E-state index contributed by atoms with van der Waals surface area (Å²) >= 11 is 3.28. The highest BCUT2D eigenvalue weighted by atomic mass is 79.9. The largest absolute Gasteiger partial charge is 0.463 e. The Labute approximate surface area is 135 Å². The van der Waals surface area contributed by atoms with E-state index in [-0.39, 0.29) is 12.5 Å². The zero-order chi connectivity index (χ0) is 15.9.